The first-order valence-corrected chi connectivity index (χ1v) is 11.7. The highest BCUT2D eigenvalue weighted by atomic mass is 16.5. The van der Waals surface area contributed by atoms with E-state index in [0.717, 1.165) is 11.1 Å². The number of carboxylic acids is 1. The number of carboxylic acid groups (broad SMARTS) is 1. The molecule has 2 amide bonds. The first-order valence-electron chi connectivity index (χ1n) is 11.7. The number of amides is 2. The monoisotopic (exact) mass is 470 g/mol. The Morgan fingerprint density at radius 1 is 0.857 bits per heavy atom. The second-order valence-electron chi connectivity index (χ2n) is 9.03. The summed E-state index contributed by atoms with van der Waals surface area (Å²) in [5.74, 6) is -1.80. The molecule has 3 N–H and O–H groups in total. The fourth-order valence-corrected chi connectivity index (χ4v) is 4.95. The molecule has 5 rings (SSSR count). The van der Waals surface area contributed by atoms with Crippen LogP contribution >= 0.6 is 0 Å². The Balaban J connectivity index is 1.11. The van der Waals surface area contributed by atoms with E-state index in [4.69, 9.17) is 4.74 Å². The molecule has 7 heteroatoms. The standard InChI is InChI=1S/C28H26N2O5/c31-26(30-25(27(32)33)17-8-2-1-3-9-17)18-14-19(15-18)29-28(34)35-16-24-22-12-6-4-10-20(22)21-11-5-7-13-23(21)24/h1-13,18-19,24-25H,14-16H2,(H,29,34)(H,30,31)(H,32,33)/t18?,19?,25-/m1/s1. The van der Waals surface area contributed by atoms with Crippen molar-refractivity contribution in [2.75, 3.05) is 6.61 Å². The summed E-state index contributed by atoms with van der Waals surface area (Å²) in [6.07, 6.45) is 0.373. The van der Waals surface area contributed by atoms with E-state index in [1.54, 1.807) is 30.3 Å². The lowest BCUT2D eigenvalue weighted by Gasteiger charge is -2.35. The zero-order valence-electron chi connectivity index (χ0n) is 19.0. The number of rotatable bonds is 7. The maximum absolute atomic E-state index is 12.6. The third-order valence-corrected chi connectivity index (χ3v) is 6.84. The minimum absolute atomic E-state index is 0.0148. The number of carbonyl (C=O) groups excluding carboxylic acids is 2. The van der Waals surface area contributed by atoms with Crippen molar-refractivity contribution in [2.45, 2.75) is 30.8 Å². The van der Waals surface area contributed by atoms with Gasteiger partial charge in [0.1, 0.15) is 6.61 Å². The molecular formula is C28H26N2O5. The van der Waals surface area contributed by atoms with Crippen LogP contribution in [0.5, 0.6) is 0 Å². The molecule has 0 saturated heterocycles. The average molecular weight is 471 g/mol. The van der Waals surface area contributed by atoms with Gasteiger partial charge in [-0.3, -0.25) is 4.79 Å². The molecule has 3 aromatic carbocycles. The topological polar surface area (TPSA) is 105 Å². The SMILES string of the molecule is O=C(NC1CC(C(=O)N[C@@H](C(=O)O)c2ccccc2)C1)OCC1c2ccccc2-c2ccccc21. The molecule has 7 nitrogen and oxygen atoms in total. The first kappa shape index (κ1) is 22.7. The molecule has 1 saturated carbocycles. The predicted molar refractivity (Wildman–Crippen MR) is 130 cm³/mol. The maximum atomic E-state index is 12.6. The summed E-state index contributed by atoms with van der Waals surface area (Å²) in [7, 11) is 0. The lowest BCUT2D eigenvalue weighted by molar-refractivity contribution is -0.143. The molecule has 178 valence electrons. The van der Waals surface area contributed by atoms with Crippen LogP contribution in [-0.2, 0) is 14.3 Å². The number of hydrogen-bond donors (Lipinski definition) is 3. The molecule has 0 unspecified atom stereocenters. The van der Waals surface area contributed by atoms with Crippen molar-refractivity contribution in [3.63, 3.8) is 0 Å². The van der Waals surface area contributed by atoms with Gasteiger partial charge in [0.2, 0.25) is 5.91 Å². The highest BCUT2D eigenvalue weighted by Crippen LogP contribution is 2.44. The Hall–Kier alpha value is -4.13. The second kappa shape index (κ2) is 9.62. The zero-order chi connectivity index (χ0) is 24.4. The van der Waals surface area contributed by atoms with Crippen LogP contribution in [0.3, 0.4) is 0 Å². The van der Waals surface area contributed by atoms with E-state index in [1.807, 2.05) is 24.3 Å². The Morgan fingerprint density at radius 2 is 1.43 bits per heavy atom. The van der Waals surface area contributed by atoms with Gasteiger partial charge >= 0.3 is 12.1 Å². The van der Waals surface area contributed by atoms with Gasteiger partial charge in [-0.05, 0) is 40.7 Å². The lowest BCUT2D eigenvalue weighted by Crippen LogP contribution is -2.50. The van der Waals surface area contributed by atoms with E-state index >= 15 is 0 Å². The van der Waals surface area contributed by atoms with E-state index in [1.165, 1.54) is 11.1 Å². The molecule has 0 aromatic heterocycles. The fraction of sp³-hybridized carbons (Fsp3) is 0.250. The first-order chi connectivity index (χ1) is 17.0. The summed E-state index contributed by atoms with van der Waals surface area (Å²) in [4.78, 5) is 36.6. The van der Waals surface area contributed by atoms with Crippen molar-refractivity contribution in [3.8, 4) is 11.1 Å². The van der Waals surface area contributed by atoms with Crippen LogP contribution in [0.15, 0.2) is 78.9 Å². The molecule has 1 fully saturated rings. The highest BCUT2D eigenvalue weighted by molar-refractivity contribution is 5.86. The average Bonchev–Trinajstić information content (AvgIpc) is 3.17. The van der Waals surface area contributed by atoms with Crippen molar-refractivity contribution >= 4 is 18.0 Å². The maximum Gasteiger partial charge on any atom is 0.407 e. The van der Waals surface area contributed by atoms with Crippen LogP contribution in [0.25, 0.3) is 11.1 Å². The summed E-state index contributed by atoms with van der Waals surface area (Å²) in [6, 6.07) is 23.6. The van der Waals surface area contributed by atoms with Crippen LogP contribution in [0.4, 0.5) is 4.79 Å². The van der Waals surface area contributed by atoms with E-state index < -0.39 is 18.1 Å². The van der Waals surface area contributed by atoms with Gasteiger partial charge in [0.25, 0.3) is 0 Å². The number of ether oxygens (including phenoxy) is 1. The van der Waals surface area contributed by atoms with Crippen molar-refractivity contribution in [1.82, 2.24) is 10.6 Å². The molecule has 0 aliphatic heterocycles. The third kappa shape index (κ3) is 4.62. The number of fused-ring (bicyclic) bond motifs is 3. The molecular weight excluding hydrogens is 444 g/mol. The summed E-state index contributed by atoms with van der Waals surface area (Å²) in [5, 5.41) is 14.9. The Bertz CT molecular complexity index is 1210. The zero-order valence-corrected chi connectivity index (χ0v) is 19.0. The largest absolute Gasteiger partial charge is 0.479 e. The summed E-state index contributed by atoms with van der Waals surface area (Å²) in [5.41, 5.74) is 5.14. The summed E-state index contributed by atoms with van der Waals surface area (Å²) >= 11 is 0. The van der Waals surface area contributed by atoms with Gasteiger partial charge in [0.15, 0.2) is 6.04 Å². The Morgan fingerprint density at radius 3 is 2.03 bits per heavy atom. The predicted octanol–water partition coefficient (Wildman–Crippen LogP) is 4.25. The van der Waals surface area contributed by atoms with Crippen LogP contribution in [0.1, 0.15) is 41.5 Å². The molecule has 0 spiro atoms. The Labute approximate surface area is 203 Å². The fourth-order valence-electron chi connectivity index (χ4n) is 4.95. The van der Waals surface area contributed by atoms with Crippen LogP contribution in [0, 0.1) is 5.92 Å². The molecule has 35 heavy (non-hydrogen) atoms. The Kier molecular flexibility index (Phi) is 6.23. The highest BCUT2D eigenvalue weighted by Gasteiger charge is 2.38. The van der Waals surface area contributed by atoms with Gasteiger partial charge in [-0.25, -0.2) is 9.59 Å². The molecule has 2 aliphatic carbocycles. The van der Waals surface area contributed by atoms with E-state index in [0.29, 0.717) is 18.4 Å². The molecule has 0 bridgehead atoms. The van der Waals surface area contributed by atoms with Crippen molar-refractivity contribution in [3.05, 3.63) is 95.6 Å². The van der Waals surface area contributed by atoms with Crippen LogP contribution < -0.4 is 10.6 Å². The van der Waals surface area contributed by atoms with Gasteiger partial charge in [-0.1, -0.05) is 78.9 Å². The minimum Gasteiger partial charge on any atom is -0.479 e. The number of nitrogens with one attached hydrogen (secondary N) is 2. The molecule has 0 heterocycles. The smallest absolute Gasteiger partial charge is 0.407 e. The third-order valence-electron chi connectivity index (χ3n) is 6.84. The van der Waals surface area contributed by atoms with Crippen molar-refractivity contribution in [2.24, 2.45) is 5.92 Å². The van der Waals surface area contributed by atoms with E-state index in [9.17, 15) is 19.5 Å². The molecule has 1 atom stereocenters. The van der Waals surface area contributed by atoms with Crippen molar-refractivity contribution in [1.29, 1.82) is 0 Å². The van der Waals surface area contributed by atoms with Gasteiger partial charge in [0.05, 0.1) is 0 Å². The van der Waals surface area contributed by atoms with Crippen molar-refractivity contribution < 1.29 is 24.2 Å². The summed E-state index contributed by atoms with van der Waals surface area (Å²) in [6.45, 7) is 0.230. The van der Waals surface area contributed by atoms with E-state index in [2.05, 4.69) is 34.9 Å². The minimum atomic E-state index is -1.11. The van der Waals surface area contributed by atoms with Gasteiger partial charge in [-0.2, -0.15) is 0 Å². The van der Waals surface area contributed by atoms with Crippen LogP contribution in [-0.4, -0.2) is 35.7 Å². The molecule has 2 aliphatic rings. The number of benzene rings is 3. The van der Waals surface area contributed by atoms with Crippen LogP contribution in [0.2, 0.25) is 0 Å². The van der Waals surface area contributed by atoms with Gasteiger partial charge < -0.3 is 20.5 Å². The second-order valence-corrected chi connectivity index (χ2v) is 9.03. The van der Waals surface area contributed by atoms with Gasteiger partial charge in [-0.15, -0.1) is 0 Å². The lowest BCUT2D eigenvalue weighted by atomic mass is 9.79. The van der Waals surface area contributed by atoms with Gasteiger partial charge in [0, 0.05) is 17.9 Å². The normalized spacial score (nSPS) is 19.0. The quantitative estimate of drug-likeness (QED) is 0.479. The number of hydrogen-bond acceptors (Lipinski definition) is 4. The number of alkyl carbamates (subject to hydrolysis) is 1. The summed E-state index contributed by atoms with van der Waals surface area (Å²) < 4.78 is 5.57. The van der Waals surface area contributed by atoms with E-state index in [-0.39, 0.29) is 30.4 Å². The molecule has 3 aromatic rings. The number of carbonyl (C=O) groups is 3. The number of aliphatic carboxylic acids is 1. The molecule has 0 radical (unpaired) electrons.